The number of hydrogen-bond donors (Lipinski definition) is 3. The number of aromatic nitrogens is 2. The average Bonchev–Trinajstić information content (AvgIpc) is 3.38. The molecule has 28 heavy (non-hydrogen) atoms. The van der Waals surface area contributed by atoms with Crippen LogP contribution in [0.3, 0.4) is 0 Å². The third-order valence-corrected chi connectivity index (χ3v) is 5.06. The van der Waals surface area contributed by atoms with E-state index in [0.717, 1.165) is 5.56 Å². The number of aliphatic hydroxyl groups excluding tert-OH is 1. The summed E-state index contributed by atoms with van der Waals surface area (Å²) in [6.07, 6.45) is 4.14. The molecule has 2 amide bonds. The molecule has 1 aromatic heterocycles. The van der Waals surface area contributed by atoms with Crippen LogP contribution in [0.15, 0.2) is 30.6 Å². The molecule has 0 spiro atoms. The molecular weight excluding hydrogens is 364 g/mol. The van der Waals surface area contributed by atoms with Gasteiger partial charge < -0.3 is 24.8 Å². The van der Waals surface area contributed by atoms with Gasteiger partial charge in [-0.15, -0.1) is 0 Å². The van der Waals surface area contributed by atoms with E-state index in [9.17, 15) is 14.7 Å². The van der Waals surface area contributed by atoms with Gasteiger partial charge in [0.25, 0.3) is 5.91 Å². The highest BCUT2D eigenvalue weighted by molar-refractivity contribution is 5.95. The van der Waals surface area contributed by atoms with Crippen molar-refractivity contribution in [2.75, 3.05) is 19.9 Å². The second kappa shape index (κ2) is 7.89. The lowest BCUT2D eigenvalue weighted by Gasteiger charge is -2.36. The summed E-state index contributed by atoms with van der Waals surface area (Å²) in [4.78, 5) is 26.8. The van der Waals surface area contributed by atoms with Gasteiger partial charge >= 0.3 is 0 Å². The molecule has 0 aliphatic carbocycles. The molecular formula is C19H22N4O5. The summed E-state index contributed by atoms with van der Waals surface area (Å²) in [5.74, 6) is 0.794. The third kappa shape index (κ3) is 3.94. The summed E-state index contributed by atoms with van der Waals surface area (Å²) in [6, 6.07) is 4.41. The number of amides is 2. The number of benzene rings is 1. The smallest absolute Gasteiger partial charge is 0.251 e. The van der Waals surface area contributed by atoms with E-state index in [1.165, 1.54) is 0 Å². The van der Waals surface area contributed by atoms with Crippen molar-refractivity contribution in [1.82, 2.24) is 20.4 Å². The molecule has 2 atom stereocenters. The minimum Gasteiger partial charge on any atom is -0.454 e. The van der Waals surface area contributed by atoms with E-state index >= 15 is 0 Å². The Morgan fingerprint density at radius 1 is 1.32 bits per heavy atom. The van der Waals surface area contributed by atoms with E-state index in [2.05, 4.69) is 15.5 Å². The quantitative estimate of drug-likeness (QED) is 0.688. The summed E-state index contributed by atoms with van der Waals surface area (Å²) in [5, 5.41) is 19.7. The summed E-state index contributed by atoms with van der Waals surface area (Å²) < 4.78 is 10.5. The van der Waals surface area contributed by atoms with Crippen LogP contribution in [0, 0.1) is 0 Å². The molecule has 2 aliphatic rings. The summed E-state index contributed by atoms with van der Waals surface area (Å²) >= 11 is 0. The Bertz CT molecular complexity index is 854. The van der Waals surface area contributed by atoms with Crippen LogP contribution in [-0.2, 0) is 11.2 Å². The highest BCUT2D eigenvalue weighted by atomic mass is 16.7. The number of rotatable bonds is 5. The first-order valence-corrected chi connectivity index (χ1v) is 9.24. The fraction of sp³-hybridized carbons (Fsp3) is 0.421. The van der Waals surface area contributed by atoms with Gasteiger partial charge in [0, 0.05) is 31.3 Å². The molecule has 2 aliphatic heterocycles. The molecule has 9 nitrogen and oxygen atoms in total. The second-order valence-corrected chi connectivity index (χ2v) is 6.95. The highest BCUT2D eigenvalue weighted by Crippen LogP contribution is 2.32. The molecule has 1 aromatic carbocycles. The zero-order chi connectivity index (χ0) is 19.5. The van der Waals surface area contributed by atoms with Crippen molar-refractivity contribution in [3.8, 4) is 11.5 Å². The molecule has 0 unspecified atom stereocenters. The Kier molecular flexibility index (Phi) is 5.16. The van der Waals surface area contributed by atoms with Crippen LogP contribution in [0.1, 0.15) is 28.8 Å². The lowest BCUT2D eigenvalue weighted by atomic mass is 10.0. The highest BCUT2D eigenvalue weighted by Gasteiger charge is 2.31. The van der Waals surface area contributed by atoms with Crippen LogP contribution in [0.2, 0.25) is 0 Å². The molecule has 148 valence electrons. The van der Waals surface area contributed by atoms with Crippen molar-refractivity contribution in [3.63, 3.8) is 0 Å². The number of nitrogens with one attached hydrogen (secondary N) is 2. The van der Waals surface area contributed by atoms with Crippen molar-refractivity contribution in [2.24, 2.45) is 0 Å². The Morgan fingerprint density at radius 2 is 2.18 bits per heavy atom. The number of piperidine rings is 1. The minimum atomic E-state index is -0.698. The van der Waals surface area contributed by atoms with Gasteiger partial charge in [0.1, 0.15) is 0 Å². The first-order chi connectivity index (χ1) is 13.6. The molecule has 0 saturated carbocycles. The van der Waals surface area contributed by atoms with Gasteiger partial charge in [-0.05, 0) is 36.6 Å². The maximum absolute atomic E-state index is 12.6. The van der Waals surface area contributed by atoms with Crippen LogP contribution < -0.4 is 14.8 Å². The number of likely N-dealkylation sites (tertiary alicyclic amines) is 1. The number of H-pyrrole nitrogens is 1. The number of hydrogen-bond acceptors (Lipinski definition) is 6. The first-order valence-electron chi connectivity index (χ1n) is 9.24. The van der Waals surface area contributed by atoms with E-state index in [-0.39, 0.29) is 25.2 Å². The summed E-state index contributed by atoms with van der Waals surface area (Å²) in [5.41, 5.74) is 1.39. The summed E-state index contributed by atoms with van der Waals surface area (Å²) in [6.45, 7) is 0.890. The van der Waals surface area contributed by atoms with Gasteiger partial charge in [-0.2, -0.15) is 5.10 Å². The van der Waals surface area contributed by atoms with Crippen LogP contribution in [-0.4, -0.2) is 64.0 Å². The molecule has 3 N–H and O–H groups in total. The SMILES string of the molecule is O=C(N[C@@H]1CN(C(=O)CCc2cn[nH]c2)CC[C@H]1O)c1ccc2c(c1)OCO2. The van der Waals surface area contributed by atoms with Gasteiger partial charge in [0.15, 0.2) is 11.5 Å². The number of aromatic amines is 1. The lowest BCUT2D eigenvalue weighted by Crippen LogP contribution is -2.56. The number of aliphatic hydroxyl groups is 1. The molecule has 9 heteroatoms. The number of ether oxygens (including phenoxy) is 2. The number of nitrogens with zero attached hydrogens (tertiary/aromatic N) is 2. The maximum Gasteiger partial charge on any atom is 0.251 e. The second-order valence-electron chi connectivity index (χ2n) is 6.95. The Hall–Kier alpha value is -3.07. The van der Waals surface area contributed by atoms with Gasteiger partial charge in [-0.25, -0.2) is 0 Å². The zero-order valence-corrected chi connectivity index (χ0v) is 15.3. The van der Waals surface area contributed by atoms with Gasteiger partial charge in [-0.3, -0.25) is 14.7 Å². The Morgan fingerprint density at radius 3 is 3.00 bits per heavy atom. The van der Waals surface area contributed by atoms with Crippen LogP contribution in [0.4, 0.5) is 0 Å². The lowest BCUT2D eigenvalue weighted by molar-refractivity contribution is -0.133. The molecule has 0 bridgehead atoms. The monoisotopic (exact) mass is 386 g/mol. The van der Waals surface area contributed by atoms with Crippen LogP contribution in [0.5, 0.6) is 11.5 Å². The van der Waals surface area contributed by atoms with E-state index in [1.807, 2.05) is 0 Å². The average molecular weight is 386 g/mol. The number of fused-ring (bicyclic) bond motifs is 1. The van der Waals surface area contributed by atoms with Crippen molar-refractivity contribution in [2.45, 2.75) is 31.4 Å². The Balaban J connectivity index is 1.35. The van der Waals surface area contributed by atoms with E-state index in [0.29, 0.717) is 42.9 Å². The molecule has 3 heterocycles. The minimum absolute atomic E-state index is 0.00423. The predicted molar refractivity (Wildman–Crippen MR) is 97.9 cm³/mol. The number of carbonyl (C=O) groups is 2. The fourth-order valence-electron chi connectivity index (χ4n) is 3.42. The normalized spacial score (nSPS) is 20.8. The maximum atomic E-state index is 12.6. The molecule has 1 fully saturated rings. The van der Waals surface area contributed by atoms with Gasteiger partial charge in [0.2, 0.25) is 12.7 Å². The number of aryl methyl sites for hydroxylation is 1. The molecule has 2 aromatic rings. The van der Waals surface area contributed by atoms with Crippen molar-refractivity contribution < 1.29 is 24.2 Å². The predicted octanol–water partition coefficient (Wildman–Crippen LogP) is 0.463. The first kappa shape index (κ1) is 18.3. The van der Waals surface area contributed by atoms with E-state index < -0.39 is 12.1 Å². The number of carbonyl (C=O) groups excluding carboxylic acids is 2. The van der Waals surface area contributed by atoms with E-state index in [4.69, 9.17) is 9.47 Å². The molecule has 4 rings (SSSR count). The van der Waals surface area contributed by atoms with Crippen molar-refractivity contribution in [3.05, 3.63) is 41.7 Å². The standard InChI is InChI=1S/C19H22N4O5/c24-15-5-6-23(18(25)4-1-12-8-20-21-9-12)10-14(15)22-19(26)13-2-3-16-17(7-13)28-11-27-16/h2-3,7-9,14-15,24H,1,4-6,10-11H2,(H,20,21)(H,22,26)/t14-,15-/m1/s1. The van der Waals surface area contributed by atoms with Crippen LogP contribution in [0.25, 0.3) is 0 Å². The Labute approximate surface area is 161 Å². The van der Waals surface area contributed by atoms with E-state index in [1.54, 1.807) is 35.5 Å². The van der Waals surface area contributed by atoms with Gasteiger partial charge in [0.05, 0.1) is 18.3 Å². The van der Waals surface area contributed by atoms with Crippen LogP contribution >= 0.6 is 0 Å². The fourth-order valence-corrected chi connectivity index (χ4v) is 3.42. The van der Waals surface area contributed by atoms with Crippen molar-refractivity contribution >= 4 is 11.8 Å². The molecule has 1 saturated heterocycles. The topological polar surface area (TPSA) is 117 Å². The zero-order valence-electron chi connectivity index (χ0n) is 15.3. The largest absolute Gasteiger partial charge is 0.454 e. The van der Waals surface area contributed by atoms with Crippen molar-refractivity contribution in [1.29, 1.82) is 0 Å². The van der Waals surface area contributed by atoms with Gasteiger partial charge in [-0.1, -0.05) is 0 Å². The molecule has 0 radical (unpaired) electrons. The summed E-state index contributed by atoms with van der Waals surface area (Å²) in [7, 11) is 0. The third-order valence-electron chi connectivity index (χ3n) is 5.06.